The van der Waals surface area contributed by atoms with Crippen LogP contribution < -0.4 is 10.6 Å². The number of aromatic nitrogens is 2. The second-order valence-electron chi connectivity index (χ2n) is 6.06. The van der Waals surface area contributed by atoms with Crippen molar-refractivity contribution in [3.8, 4) is 11.5 Å². The Morgan fingerprint density at radius 3 is 1.43 bits per heavy atom. The van der Waals surface area contributed by atoms with Crippen LogP contribution >= 0.6 is 0 Å². The van der Waals surface area contributed by atoms with E-state index in [1.807, 2.05) is 0 Å². The summed E-state index contributed by atoms with van der Waals surface area (Å²) >= 11 is 0. The summed E-state index contributed by atoms with van der Waals surface area (Å²) in [4.78, 5) is 8.07. The SMILES string of the molecule is Cc1ncc(CO)c(CNCCNCc2c(CO)cnc(C)c2O)c1O.[Ac].[Ac]. The molecule has 148 valence electrons. The number of rotatable bonds is 9. The van der Waals surface area contributed by atoms with Gasteiger partial charge in [0.1, 0.15) is 11.5 Å². The van der Waals surface area contributed by atoms with Crippen molar-refractivity contribution >= 4 is 0 Å². The number of hydrogen-bond acceptors (Lipinski definition) is 8. The molecule has 28 heavy (non-hydrogen) atoms. The Hall–Kier alpha value is 0.623. The van der Waals surface area contributed by atoms with Crippen LogP contribution in [0.15, 0.2) is 12.4 Å². The second-order valence-corrected chi connectivity index (χ2v) is 6.06. The number of nitrogens with zero attached hydrogens (tertiary/aromatic N) is 2. The minimum absolute atomic E-state index is 0. The van der Waals surface area contributed by atoms with Crippen LogP contribution in [-0.2, 0) is 26.3 Å². The third-order valence-corrected chi connectivity index (χ3v) is 4.28. The van der Waals surface area contributed by atoms with Crippen molar-refractivity contribution in [2.24, 2.45) is 0 Å². The first kappa shape index (κ1) is 28.6. The number of nitrogens with one attached hydrogen (secondary N) is 2. The average Bonchev–Trinajstić information content (AvgIpc) is 2.64. The van der Waals surface area contributed by atoms with E-state index in [4.69, 9.17) is 0 Å². The van der Waals surface area contributed by atoms with E-state index in [-0.39, 0.29) is 113 Å². The van der Waals surface area contributed by atoms with Gasteiger partial charge in [-0.15, -0.1) is 0 Å². The van der Waals surface area contributed by atoms with Gasteiger partial charge >= 0.3 is 0 Å². The summed E-state index contributed by atoms with van der Waals surface area (Å²) in [5.41, 5.74) is 3.53. The van der Waals surface area contributed by atoms with Crippen molar-refractivity contribution in [3.05, 3.63) is 46.0 Å². The van der Waals surface area contributed by atoms with Crippen molar-refractivity contribution in [2.75, 3.05) is 13.1 Å². The molecule has 0 aliphatic heterocycles. The molecule has 2 aromatic rings. The van der Waals surface area contributed by atoms with Crippen molar-refractivity contribution in [1.29, 1.82) is 0 Å². The van der Waals surface area contributed by atoms with Gasteiger partial charge in [-0.05, 0) is 13.8 Å². The Bertz CT molecular complexity index is 699. The molecule has 10 heteroatoms. The van der Waals surface area contributed by atoms with Crippen molar-refractivity contribution < 1.29 is 109 Å². The van der Waals surface area contributed by atoms with E-state index in [2.05, 4.69) is 20.6 Å². The van der Waals surface area contributed by atoms with E-state index in [1.165, 1.54) is 0 Å². The predicted octanol–water partition coefficient (Wildman–Crippen LogP) is 0.369. The largest absolute Gasteiger partial charge is 0.506 e. The molecule has 0 spiro atoms. The van der Waals surface area contributed by atoms with Gasteiger partial charge in [-0.1, -0.05) is 0 Å². The quantitative estimate of drug-likeness (QED) is 0.201. The molecule has 8 nitrogen and oxygen atoms in total. The summed E-state index contributed by atoms with van der Waals surface area (Å²) in [6.07, 6.45) is 3.13. The van der Waals surface area contributed by atoms with Gasteiger partial charge in [0.05, 0.1) is 24.6 Å². The molecule has 0 atom stereocenters. The molecule has 2 heterocycles. The molecule has 0 amide bonds. The molecule has 2 rings (SSSR count). The molecule has 0 bridgehead atoms. The van der Waals surface area contributed by atoms with Crippen molar-refractivity contribution in [2.45, 2.75) is 40.2 Å². The zero-order valence-electron chi connectivity index (χ0n) is 16.2. The van der Waals surface area contributed by atoms with Crippen LogP contribution in [0.4, 0.5) is 0 Å². The summed E-state index contributed by atoms with van der Waals surface area (Å²) in [5, 5.41) is 45.3. The molecule has 2 aromatic heterocycles. The molecule has 2 radical (unpaired) electrons. The fourth-order valence-electron chi connectivity index (χ4n) is 2.64. The fourth-order valence-corrected chi connectivity index (χ4v) is 2.64. The van der Waals surface area contributed by atoms with Crippen LogP contribution in [0.2, 0.25) is 0 Å². The van der Waals surface area contributed by atoms with Gasteiger partial charge in [-0.25, -0.2) is 0 Å². The molecule has 0 aliphatic carbocycles. The topological polar surface area (TPSA) is 131 Å². The van der Waals surface area contributed by atoms with E-state index >= 15 is 0 Å². The minimum atomic E-state index is -0.180. The van der Waals surface area contributed by atoms with Crippen LogP contribution in [0, 0.1) is 102 Å². The predicted molar refractivity (Wildman–Crippen MR) is 96.5 cm³/mol. The number of aliphatic hydroxyl groups excluding tert-OH is 2. The molecule has 6 N–H and O–H groups in total. The standard InChI is InChI=1S/C18H26N4O4.2Ac/c1-11-17(25)15(13(9-23)5-21-11)7-19-3-4-20-8-16-14(10-24)6-22-12(2)18(16)26;;/h5-6,19-20,23-26H,3-4,7-10H2,1-2H3;;. The smallest absolute Gasteiger partial charge is 0.141 e. The molecule has 0 fully saturated rings. The molecule has 0 aromatic carbocycles. The second kappa shape index (κ2) is 14.6. The molecular formula is C18H26Ac2N4O4. The van der Waals surface area contributed by atoms with Crippen molar-refractivity contribution in [1.82, 2.24) is 20.6 Å². The van der Waals surface area contributed by atoms with Gasteiger partial charge < -0.3 is 31.1 Å². The fraction of sp³-hybridized carbons (Fsp3) is 0.444. The summed E-state index contributed by atoms with van der Waals surface area (Å²) in [6.45, 7) is 5.12. The first-order valence-corrected chi connectivity index (χ1v) is 8.45. The maximum Gasteiger partial charge on any atom is 0.141 e. The number of pyridine rings is 2. The van der Waals surface area contributed by atoms with E-state index in [0.29, 0.717) is 59.8 Å². The van der Waals surface area contributed by atoms with E-state index in [0.717, 1.165) is 0 Å². The monoisotopic (exact) mass is 816 g/mol. The summed E-state index contributed by atoms with van der Waals surface area (Å²) in [7, 11) is 0. The zero-order chi connectivity index (χ0) is 19.1. The van der Waals surface area contributed by atoms with Crippen LogP contribution in [0.1, 0.15) is 33.6 Å². The van der Waals surface area contributed by atoms with Gasteiger partial charge in [0.15, 0.2) is 0 Å². The summed E-state index contributed by atoms with van der Waals surface area (Å²) in [5.74, 6) is 0.198. The molecule has 0 saturated carbocycles. The first-order chi connectivity index (χ1) is 12.5. The maximum atomic E-state index is 10.1. The van der Waals surface area contributed by atoms with Gasteiger partial charge in [-0.2, -0.15) is 0 Å². The number of aromatic hydroxyl groups is 2. The first-order valence-electron chi connectivity index (χ1n) is 8.45. The van der Waals surface area contributed by atoms with Crippen molar-refractivity contribution in [3.63, 3.8) is 0 Å². The number of aliphatic hydroxyl groups is 2. The molecule has 0 unspecified atom stereocenters. The Morgan fingerprint density at radius 1 is 0.750 bits per heavy atom. The average molecular weight is 816 g/mol. The van der Waals surface area contributed by atoms with E-state index < -0.39 is 0 Å². The van der Waals surface area contributed by atoms with Crippen LogP contribution in [0.25, 0.3) is 0 Å². The Kier molecular flexibility index (Phi) is 14.9. The summed E-state index contributed by atoms with van der Waals surface area (Å²) in [6, 6.07) is 0. The third kappa shape index (κ3) is 7.71. The molecule has 0 aliphatic rings. The zero-order valence-corrected chi connectivity index (χ0v) is 25.7. The molecule has 0 saturated heterocycles. The van der Waals surface area contributed by atoms with E-state index in [9.17, 15) is 20.4 Å². The Labute approximate surface area is 236 Å². The van der Waals surface area contributed by atoms with Gasteiger partial charge in [0.2, 0.25) is 0 Å². The number of aryl methyl sites for hydroxylation is 2. The Morgan fingerprint density at radius 2 is 1.11 bits per heavy atom. The van der Waals surface area contributed by atoms with Crippen LogP contribution in [0.3, 0.4) is 0 Å². The van der Waals surface area contributed by atoms with E-state index in [1.54, 1.807) is 26.2 Å². The van der Waals surface area contributed by atoms with Gasteiger partial charge in [0, 0.05) is 149 Å². The van der Waals surface area contributed by atoms with Gasteiger partial charge in [-0.3, -0.25) is 9.97 Å². The normalized spacial score (nSPS) is 10.3. The maximum absolute atomic E-state index is 10.1. The molecular weight excluding hydrogens is 790 g/mol. The minimum Gasteiger partial charge on any atom is -0.506 e. The van der Waals surface area contributed by atoms with Crippen LogP contribution in [-0.4, -0.2) is 43.5 Å². The van der Waals surface area contributed by atoms with Gasteiger partial charge in [0.25, 0.3) is 0 Å². The third-order valence-electron chi connectivity index (χ3n) is 4.28. The Balaban J connectivity index is 0.00000364. The summed E-state index contributed by atoms with van der Waals surface area (Å²) < 4.78 is 0. The van der Waals surface area contributed by atoms with Crippen LogP contribution in [0.5, 0.6) is 11.5 Å². The number of hydrogen-bond donors (Lipinski definition) is 6.